The van der Waals surface area contributed by atoms with Crippen molar-refractivity contribution in [2.75, 3.05) is 5.32 Å². The van der Waals surface area contributed by atoms with Crippen LogP contribution >= 0.6 is 0 Å². The molecule has 0 aliphatic carbocycles. The van der Waals surface area contributed by atoms with Gasteiger partial charge in [0.15, 0.2) is 0 Å². The van der Waals surface area contributed by atoms with E-state index in [4.69, 9.17) is 4.74 Å². The summed E-state index contributed by atoms with van der Waals surface area (Å²) in [6.45, 7) is 1.74. The van der Waals surface area contributed by atoms with Crippen LogP contribution in [0.2, 0.25) is 0 Å². The smallest absolute Gasteiger partial charge is 0.489 e. The molecule has 178 valence electrons. The Bertz CT molecular complexity index is 1180. The van der Waals surface area contributed by atoms with E-state index in [1.807, 2.05) is 5.32 Å². The number of alkyl halides is 3. The summed E-state index contributed by atoms with van der Waals surface area (Å²) in [5.41, 5.74) is 0.587. The summed E-state index contributed by atoms with van der Waals surface area (Å²) in [6.07, 6.45) is -4.77. The molecule has 0 aliphatic rings. The van der Waals surface area contributed by atoms with E-state index in [2.05, 4.69) is 10.1 Å². The SMILES string of the molecule is Cc1cc(NC(=O)NC(=O)c2c(F)cccc2F)ccc1OCc1ccc(OC(F)(F)F)cc1. The standard InChI is InChI=1S/C23H17F5N2O4/c1-13-11-15(29-22(32)30-21(31)20-17(24)3-2-4-18(20)25)7-10-19(13)33-12-14-5-8-16(9-6-14)34-23(26,27)28/h2-11H,12H2,1H3,(H2,29,30,31,32). The van der Waals surface area contributed by atoms with Gasteiger partial charge < -0.3 is 14.8 Å². The molecule has 0 saturated carbocycles. The van der Waals surface area contributed by atoms with Crippen molar-refractivity contribution < 1.29 is 41.0 Å². The molecule has 0 bridgehead atoms. The molecule has 0 unspecified atom stereocenters. The van der Waals surface area contributed by atoms with Crippen LogP contribution in [0.1, 0.15) is 21.5 Å². The van der Waals surface area contributed by atoms with Crippen molar-refractivity contribution in [1.29, 1.82) is 0 Å². The van der Waals surface area contributed by atoms with E-state index >= 15 is 0 Å². The third-order valence-electron chi connectivity index (χ3n) is 4.40. The summed E-state index contributed by atoms with van der Waals surface area (Å²) < 4.78 is 73.4. The highest BCUT2D eigenvalue weighted by Gasteiger charge is 2.31. The van der Waals surface area contributed by atoms with Gasteiger partial charge in [-0.15, -0.1) is 13.2 Å². The monoisotopic (exact) mass is 480 g/mol. The number of carbonyl (C=O) groups excluding carboxylic acids is 2. The Morgan fingerprint density at radius 3 is 2.18 bits per heavy atom. The number of hydrogen-bond acceptors (Lipinski definition) is 4. The largest absolute Gasteiger partial charge is 0.573 e. The van der Waals surface area contributed by atoms with Crippen LogP contribution in [-0.2, 0) is 6.61 Å². The number of amides is 3. The Morgan fingerprint density at radius 2 is 1.59 bits per heavy atom. The normalized spacial score (nSPS) is 11.0. The van der Waals surface area contributed by atoms with Crippen molar-refractivity contribution in [3.8, 4) is 11.5 Å². The molecule has 0 aromatic heterocycles. The van der Waals surface area contributed by atoms with Gasteiger partial charge in [-0.05, 0) is 60.5 Å². The minimum absolute atomic E-state index is 0.0586. The van der Waals surface area contributed by atoms with Crippen molar-refractivity contribution in [2.45, 2.75) is 19.9 Å². The van der Waals surface area contributed by atoms with Gasteiger partial charge in [0.25, 0.3) is 5.91 Å². The van der Waals surface area contributed by atoms with Gasteiger partial charge >= 0.3 is 12.4 Å². The van der Waals surface area contributed by atoms with E-state index in [1.165, 1.54) is 42.5 Å². The van der Waals surface area contributed by atoms with Crippen LogP contribution in [0.25, 0.3) is 0 Å². The Balaban J connectivity index is 1.56. The molecule has 3 rings (SSSR count). The summed E-state index contributed by atoms with van der Waals surface area (Å²) in [5, 5.41) is 4.22. The molecule has 6 nitrogen and oxygen atoms in total. The number of aryl methyl sites for hydroxylation is 1. The van der Waals surface area contributed by atoms with Gasteiger partial charge in [0.05, 0.1) is 0 Å². The van der Waals surface area contributed by atoms with Gasteiger partial charge in [-0.25, -0.2) is 13.6 Å². The van der Waals surface area contributed by atoms with Crippen molar-refractivity contribution >= 4 is 17.6 Å². The summed E-state index contributed by atoms with van der Waals surface area (Å²) in [4.78, 5) is 24.0. The van der Waals surface area contributed by atoms with Gasteiger partial charge in [0.2, 0.25) is 0 Å². The molecule has 0 aliphatic heterocycles. The fraction of sp³-hybridized carbons (Fsp3) is 0.130. The van der Waals surface area contributed by atoms with Crippen LogP contribution in [0.5, 0.6) is 11.5 Å². The molecule has 3 aromatic rings. The molecule has 3 aromatic carbocycles. The van der Waals surface area contributed by atoms with E-state index in [9.17, 15) is 31.5 Å². The highest BCUT2D eigenvalue weighted by molar-refractivity contribution is 6.08. The maximum atomic E-state index is 13.7. The van der Waals surface area contributed by atoms with Crippen molar-refractivity contribution in [1.82, 2.24) is 5.32 Å². The molecule has 11 heteroatoms. The van der Waals surface area contributed by atoms with Gasteiger partial charge in [-0.1, -0.05) is 18.2 Å². The first kappa shape index (κ1) is 24.5. The van der Waals surface area contributed by atoms with Crippen molar-refractivity contribution in [3.05, 3.63) is 89.0 Å². The average molecular weight is 480 g/mol. The topological polar surface area (TPSA) is 76.7 Å². The molecule has 0 radical (unpaired) electrons. The molecule has 0 atom stereocenters. The second kappa shape index (κ2) is 10.2. The fourth-order valence-corrected chi connectivity index (χ4v) is 2.88. The Hall–Kier alpha value is -4.15. The zero-order valence-electron chi connectivity index (χ0n) is 17.5. The minimum Gasteiger partial charge on any atom is -0.489 e. The Labute approximate surface area is 190 Å². The zero-order valence-corrected chi connectivity index (χ0v) is 17.5. The number of nitrogens with one attached hydrogen (secondary N) is 2. The van der Waals surface area contributed by atoms with E-state index in [1.54, 1.807) is 6.92 Å². The molecular weight excluding hydrogens is 463 g/mol. The number of ether oxygens (including phenoxy) is 2. The number of urea groups is 1. The second-order valence-electron chi connectivity index (χ2n) is 6.97. The van der Waals surface area contributed by atoms with Crippen LogP contribution in [0.4, 0.5) is 32.4 Å². The molecule has 3 amide bonds. The minimum atomic E-state index is -4.77. The van der Waals surface area contributed by atoms with Gasteiger partial charge in [-0.2, -0.15) is 0 Å². The van der Waals surface area contributed by atoms with Gasteiger partial charge in [-0.3, -0.25) is 10.1 Å². The third-order valence-corrected chi connectivity index (χ3v) is 4.40. The maximum Gasteiger partial charge on any atom is 0.573 e. The van der Waals surface area contributed by atoms with Crippen LogP contribution in [0.3, 0.4) is 0 Å². The number of anilines is 1. The zero-order chi connectivity index (χ0) is 24.9. The second-order valence-corrected chi connectivity index (χ2v) is 6.97. The van der Waals surface area contributed by atoms with E-state index in [0.717, 1.165) is 18.2 Å². The molecule has 0 heterocycles. The number of carbonyl (C=O) groups is 2. The molecule has 0 spiro atoms. The average Bonchev–Trinajstić information content (AvgIpc) is 2.73. The predicted octanol–water partition coefficient (Wildman–Crippen LogP) is 5.71. The number of rotatable bonds is 6. The molecule has 0 saturated heterocycles. The number of benzene rings is 3. The lowest BCUT2D eigenvalue weighted by atomic mass is 10.2. The van der Waals surface area contributed by atoms with Crippen molar-refractivity contribution in [2.24, 2.45) is 0 Å². The first-order valence-electron chi connectivity index (χ1n) is 9.66. The highest BCUT2D eigenvalue weighted by Crippen LogP contribution is 2.25. The number of imide groups is 1. The lowest BCUT2D eigenvalue weighted by Crippen LogP contribution is -2.35. The fourth-order valence-electron chi connectivity index (χ4n) is 2.88. The highest BCUT2D eigenvalue weighted by atomic mass is 19.4. The number of hydrogen-bond donors (Lipinski definition) is 2. The lowest BCUT2D eigenvalue weighted by Gasteiger charge is -2.13. The first-order chi connectivity index (χ1) is 16.0. The van der Waals surface area contributed by atoms with Crippen LogP contribution < -0.4 is 20.1 Å². The van der Waals surface area contributed by atoms with Gasteiger partial charge in [0.1, 0.15) is 35.3 Å². The van der Waals surface area contributed by atoms with Crippen LogP contribution in [-0.4, -0.2) is 18.3 Å². The molecule has 34 heavy (non-hydrogen) atoms. The van der Waals surface area contributed by atoms with E-state index in [-0.39, 0.29) is 18.0 Å². The molecule has 0 fully saturated rings. The molecule has 2 N–H and O–H groups in total. The Morgan fingerprint density at radius 1 is 0.941 bits per heavy atom. The van der Waals surface area contributed by atoms with Crippen LogP contribution in [0, 0.1) is 18.6 Å². The summed E-state index contributed by atoms with van der Waals surface area (Å²) in [7, 11) is 0. The summed E-state index contributed by atoms with van der Waals surface area (Å²) >= 11 is 0. The van der Waals surface area contributed by atoms with Crippen LogP contribution in [0.15, 0.2) is 60.7 Å². The third kappa shape index (κ3) is 6.67. The predicted molar refractivity (Wildman–Crippen MR) is 111 cm³/mol. The first-order valence-corrected chi connectivity index (χ1v) is 9.66. The van der Waals surface area contributed by atoms with Gasteiger partial charge in [0, 0.05) is 5.69 Å². The summed E-state index contributed by atoms with van der Waals surface area (Å²) in [6, 6.07) is 11.6. The summed E-state index contributed by atoms with van der Waals surface area (Å²) in [5.74, 6) is -3.37. The Kier molecular flexibility index (Phi) is 7.34. The van der Waals surface area contributed by atoms with E-state index < -0.39 is 35.5 Å². The lowest BCUT2D eigenvalue weighted by molar-refractivity contribution is -0.274. The van der Waals surface area contributed by atoms with E-state index in [0.29, 0.717) is 16.9 Å². The quantitative estimate of drug-likeness (QED) is 0.443. The van der Waals surface area contributed by atoms with Crippen molar-refractivity contribution in [3.63, 3.8) is 0 Å². The maximum absolute atomic E-state index is 13.7. The molecular formula is C23H17F5N2O4. The number of halogens is 5.